The van der Waals surface area contributed by atoms with Crippen molar-refractivity contribution < 1.29 is 0 Å². The number of nitrogens with zero attached hydrogens (tertiary/aromatic N) is 3. The molecule has 2 aromatic rings. The molecule has 2 rings (SSSR count). The van der Waals surface area contributed by atoms with Crippen LogP contribution >= 0.6 is 11.8 Å². The minimum atomic E-state index is 0.850. The smallest absolute Gasteiger partial charge is 0.138 e. The van der Waals surface area contributed by atoms with Crippen LogP contribution in [0.25, 0.3) is 0 Å². The quantitative estimate of drug-likeness (QED) is 0.811. The number of rotatable bonds is 6. The second-order valence-corrected chi connectivity index (χ2v) is 5.06. The van der Waals surface area contributed by atoms with Gasteiger partial charge < -0.3 is 5.32 Å². The van der Waals surface area contributed by atoms with E-state index in [1.807, 2.05) is 11.7 Å². The SMILES string of the molecule is CCNCc1ccc(SCc2ncnn2C)cc1. The maximum atomic E-state index is 4.21. The summed E-state index contributed by atoms with van der Waals surface area (Å²) in [5.74, 6) is 1.85. The molecule has 0 saturated carbocycles. The maximum absolute atomic E-state index is 4.21. The van der Waals surface area contributed by atoms with Gasteiger partial charge in [0, 0.05) is 18.5 Å². The molecular formula is C13H18N4S. The molecule has 5 heteroatoms. The summed E-state index contributed by atoms with van der Waals surface area (Å²) in [6, 6.07) is 8.66. The van der Waals surface area contributed by atoms with Crippen molar-refractivity contribution in [3.63, 3.8) is 0 Å². The summed E-state index contributed by atoms with van der Waals surface area (Å²) in [4.78, 5) is 5.47. The van der Waals surface area contributed by atoms with Crippen molar-refractivity contribution in [2.45, 2.75) is 24.1 Å². The Morgan fingerprint density at radius 2 is 2.06 bits per heavy atom. The van der Waals surface area contributed by atoms with Crippen LogP contribution in [0.4, 0.5) is 0 Å². The lowest BCUT2D eigenvalue weighted by molar-refractivity contribution is 0.726. The molecule has 4 nitrogen and oxygen atoms in total. The van der Waals surface area contributed by atoms with Crippen molar-refractivity contribution in [3.8, 4) is 0 Å². The number of hydrogen-bond donors (Lipinski definition) is 1. The lowest BCUT2D eigenvalue weighted by Crippen LogP contribution is -2.11. The van der Waals surface area contributed by atoms with Crippen LogP contribution in [-0.4, -0.2) is 21.3 Å². The molecule has 0 saturated heterocycles. The monoisotopic (exact) mass is 262 g/mol. The number of benzene rings is 1. The van der Waals surface area contributed by atoms with Gasteiger partial charge in [-0.1, -0.05) is 19.1 Å². The van der Waals surface area contributed by atoms with Gasteiger partial charge in [0.15, 0.2) is 0 Å². The van der Waals surface area contributed by atoms with Crippen LogP contribution in [0.1, 0.15) is 18.3 Å². The summed E-state index contributed by atoms with van der Waals surface area (Å²) in [6.45, 7) is 4.05. The lowest BCUT2D eigenvalue weighted by atomic mass is 10.2. The Balaban J connectivity index is 1.88. The third-order valence-corrected chi connectivity index (χ3v) is 3.68. The number of aryl methyl sites for hydroxylation is 1. The fourth-order valence-corrected chi connectivity index (χ4v) is 2.46. The van der Waals surface area contributed by atoms with E-state index in [2.05, 4.69) is 46.6 Å². The molecule has 0 fully saturated rings. The predicted molar refractivity (Wildman–Crippen MR) is 74.4 cm³/mol. The van der Waals surface area contributed by atoms with Crippen LogP contribution in [0, 0.1) is 0 Å². The minimum Gasteiger partial charge on any atom is -0.313 e. The molecule has 1 aromatic heterocycles. The van der Waals surface area contributed by atoms with E-state index < -0.39 is 0 Å². The van der Waals surface area contributed by atoms with E-state index in [9.17, 15) is 0 Å². The first-order valence-corrected chi connectivity index (χ1v) is 7.03. The second kappa shape index (κ2) is 6.56. The Morgan fingerprint density at radius 1 is 1.28 bits per heavy atom. The molecule has 96 valence electrons. The van der Waals surface area contributed by atoms with Crippen molar-refractivity contribution in [1.29, 1.82) is 0 Å². The van der Waals surface area contributed by atoms with Crippen LogP contribution in [0.15, 0.2) is 35.5 Å². The summed E-state index contributed by atoms with van der Waals surface area (Å²) in [7, 11) is 1.92. The molecule has 1 heterocycles. The van der Waals surface area contributed by atoms with E-state index in [-0.39, 0.29) is 0 Å². The van der Waals surface area contributed by atoms with Gasteiger partial charge in [-0.25, -0.2) is 4.98 Å². The van der Waals surface area contributed by atoms with E-state index in [1.165, 1.54) is 10.5 Å². The highest BCUT2D eigenvalue weighted by Crippen LogP contribution is 2.21. The van der Waals surface area contributed by atoms with Crippen molar-refractivity contribution in [2.75, 3.05) is 6.54 Å². The first-order chi connectivity index (χ1) is 8.79. The molecule has 0 atom stereocenters. The summed E-state index contributed by atoms with van der Waals surface area (Å²) in [5.41, 5.74) is 1.32. The highest BCUT2D eigenvalue weighted by molar-refractivity contribution is 7.98. The molecule has 0 amide bonds. The molecule has 18 heavy (non-hydrogen) atoms. The molecule has 0 aliphatic rings. The van der Waals surface area contributed by atoms with Gasteiger partial charge in [-0.2, -0.15) is 5.10 Å². The third-order valence-electron chi connectivity index (χ3n) is 2.68. The van der Waals surface area contributed by atoms with E-state index in [0.29, 0.717) is 0 Å². The Labute approximate surface area is 112 Å². The topological polar surface area (TPSA) is 42.7 Å². The Kier molecular flexibility index (Phi) is 4.78. The Hall–Kier alpha value is -1.33. The van der Waals surface area contributed by atoms with Gasteiger partial charge in [0.25, 0.3) is 0 Å². The molecule has 0 aliphatic carbocycles. The summed E-state index contributed by atoms with van der Waals surface area (Å²) in [6.07, 6.45) is 1.59. The van der Waals surface area contributed by atoms with Gasteiger partial charge in [-0.15, -0.1) is 11.8 Å². The fourth-order valence-electron chi connectivity index (χ4n) is 1.57. The zero-order valence-electron chi connectivity index (χ0n) is 10.8. The van der Waals surface area contributed by atoms with Crippen molar-refractivity contribution in [3.05, 3.63) is 42.0 Å². The molecule has 0 bridgehead atoms. The summed E-state index contributed by atoms with van der Waals surface area (Å²) in [5, 5.41) is 7.38. The largest absolute Gasteiger partial charge is 0.313 e. The maximum Gasteiger partial charge on any atom is 0.138 e. The number of nitrogens with one attached hydrogen (secondary N) is 1. The standard InChI is InChI=1S/C13H18N4S/c1-3-14-8-11-4-6-12(7-5-11)18-9-13-15-10-16-17(13)2/h4-7,10,14H,3,8-9H2,1-2H3. The van der Waals surface area contributed by atoms with Gasteiger partial charge in [0.2, 0.25) is 0 Å². The van der Waals surface area contributed by atoms with E-state index in [0.717, 1.165) is 24.7 Å². The van der Waals surface area contributed by atoms with Gasteiger partial charge >= 0.3 is 0 Å². The number of hydrogen-bond acceptors (Lipinski definition) is 4. The number of aromatic nitrogens is 3. The zero-order valence-corrected chi connectivity index (χ0v) is 11.6. The summed E-state index contributed by atoms with van der Waals surface area (Å²) < 4.78 is 1.81. The van der Waals surface area contributed by atoms with Gasteiger partial charge in [0.1, 0.15) is 12.2 Å². The van der Waals surface area contributed by atoms with E-state index in [1.54, 1.807) is 18.1 Å². The van der Waals surface area contributed by atoms with Gasteiger partial charge in [-0.05, 0) is 24.2 Å². The first-order valence-electron chi connectivity index (χ1n) is 6.05. The highest BCUT2D eigenvalue weighted by atomic mass is 32.2. The first kappa shape index (κ1) is 13.1. The van der Waals surface area contributed by atoms with Gasteiger partial charge in [-0.3, -0.25) is 4.68 Å². The zero-order chi connectivity index (χ0) is 12.8. The molecule has 0 aliphatic heterocycles. The van der Waals surface area contributed by atoms with Crippen LogP contribution in [0.5, 0.6) is 0 Å². The highest BCUT2D eigenvalue weighted by Gasteiger charge is 2.01. The third kappa shape index (κ3) is 3.58. The molecule has 0 radical (unpaired) electrons. The van der Waals surface area contributed by atoms with E-state index in [4.69, 9.17) is 0 Å². The average Bonchev–Trinajstić information content (AvgIpc) is 2.81. The van der Waals surface area contributed by atoms with Crippen LogP contribution < -0.4 is 5.32 Å². The summed E-state index contributed by atoms with van der Waals surface area (Å²) >= 11 is 1.78. The van der Waals surface area contributed by atoms with Crippen LogP contribution in [-0.2, 0) is 19.3 Å². The fraction of sp³-hybridized carbons (Fsp3) is 0.385. The van der Waals surface area contributed by atoms with Crippen molar-refractivity contribution in [1.82, 2.24) is 20.1 Å². The molecule has 1 N–H and O–H groups in total. The minimum absolute atomic E-state index is 0.850. The molecule has 1 aromatic carbocycles. The Morgan fingerprint density at radius 3 is 2.67 bits per heavy atom. The lowest BCUT2D eigenvalue weighted by Gasteiger charge is -2.04. The molecule has 0 spiro atoms. The van der Waals surface area contributed by atoms with Gasteiger partial charge in [0.05, 0.1) is 5.75 Å². The molecular weight excluding hydrogens is 244 g/mol. The van der Waals surface area contributed by atoms with Crippen molar-refractivity contribution in [2.24, 2.45) is 7.05 Å². The van der Waals surface area contributed by atoms with Crippen molar-refractivity contribution >= 4 is 11.8 Å². The average molecular weight is 262 g/mol. The van der Waals surface area contributed by atoms with Crippen LogP contribution in [0.2, 0.25) is 0 Å². The predicted octanol–water partition coefficient (Wildman–Crippen LogP) is 2.22. The number of thioether (sulfide) groups is 1. The molecule has 0 unspecified atom stereocenters. The van der Waals surface area contributed by atoms with E-state index >= 15 is 0 Å². The normalized spacial score (nSPS) is 10.8. The second-order valence-electron chi connectivity index (χ2n) is 4.01. The Bertz CT molecular complexity index is 478. The van der Waals surface area contributed by atoms with Crippen LogP contribution in [0.3, 0.4) is 0 Å².